The van der Waals surface area contributed by atoms with Gasteiger partial charge >= 0.3 is 0 Å². The topological polar surface area (TPSA) is 38.4 Å². The van der Waals surface area contributed by atoms with Crippen molar-refractivity contribution in [3.05, 3.63) is 36.4 Å². The summed E-state index contributed by atoms with van der Waals surface area (Å²) >= 11 is 0. The van der Waals surface area contributed by atoms with E-state index in [0.717, 1.165) is 17.1 Å². The zero-order chi connectivity index (χ0) is 12.7. The van der Waals surface area contributed by atoms with Crippen LogP contribution >= 0.6 is 0 Å². The molecule has 0 fully saturated rings. The van der Waals surface area contributed by atoms with Crippen LogP contribution in [0.4, 0.5) is 11.4 Å². The third kappa shape index (κ3) is 5.34. The molecule has 1 rings (SSSR count). The van der Waals surface area contributed by atoms with Gasteiger partial charge in [0.1, 0.15) is 0 Å². The van der Waals surface area contributed by atoms with Gasteiger partial charge in [-0.15, -0.1) is 0 Å². The van der Waals surface area contributed by atoms with Gasteiger partial charge in [0.25, 0.3) is 0 Å². The van der Waals surface area contributed by atoms with Gasteiger partial charge in [-0.05, 0) is 43.5 Å². The summed E-state index contributed by atoms with van der Waals surface area (Å²) in [5.74, 6) is 0.617. The zero-order valence-corrected chi connectivity index (χ0v) is 11.0. The fourth-order valence-corrected chi connectivity index (χ4v) is 1.69. The van der Waals surface area contributed by atoms with Gasteiger partial charge in [0, 0.05) is 11.4 Å². The largest absolute Gasteiger partial charge is 0.399 e. The Hall–Kier alpha value is -1.57. The predicted octanol–water partition coefficient (Wildman–Crippen LogP) is 4.35. The number of aliphatic imine (C=N–C) groups is 1. The van der Waals surface area contributed by atoms with Crippen molar-refractivity contribution in [2.24, 2.45) is 10.9 Å². The van der Waals surface area contributed by atoms with Crippen molar-refractivity contribution in [1.82, 2.24) is 0 Å². The summed E-state index contributed by atoms with van der Waals surface area (Å²) in [6, 6.07) is 7.63. The summed E-state index contributed by atoms with van der Waals surface area (Å²) in [5.41, 5.74) is 8.39. The van der Waals surface area contributed by atoms with Gasteiger partial charge in [-0.2, -0.15) is 0 Å². The molecule has 1 aromatic rings. The molecule has 17 heavy (non-hydrogen) atoms. The number of nitrogens with zero attached hydrogens (tertiary/aromatic N) is 1. The second-order valence-electron chi connectivity index (χ2n) is 4.47. The molecule has 0 aromatic heterocycles. The van der Waals surface area contributed by atoms with E-state index in [2.05, 4.69) is 31.0 Å². The Morgan fingerprint density at radius 1 is 1.47 bits per heavy atom. The quantitative estimate of drug-likeness (QED) is 0.592. The normalized spacial score (nSPS) is 14.2. The highest BCUT2D eigenvalue weighted by molar-refractivity contribution is 5.94. The Bertz CT molecular complexity index is 405. The van der Waals surface area contributed by atoms with Crippen LogP contribution in [0, 0.1) is 5.92 Å². The molecule has 0 amide bonds. The van der Waals surface area contributed by atoms with Crippen molar-refractivity contribution in [1.29, 1.82) is 0 Å². The maximum atomic E-state index is 5.71. The van der Waals surface area contributed by atoms with E-state index < -0.39 is 0 Å². The molecule has 0 heterocycles. The molecule has 0 bridgehead atoms. The van der Waals surface area contributed by atoms with Crippen LogP contribution in [0.2, 0.25) is 0 Å². The lowest BCUT2D eigenvalue weighted by molar-refractivity contribution is 0.634. The SMILES string of the molecule is CCCC(C)/C=C\C(C)=Nc1cccc(N)c1. The van der Waals surface area contributed by atoms with Crippen molar-refractivity contribution in [3.63, 3.8) is 0 Å². The third-order valence-electron chi connectivity index (χ3n) is 2.59. The summed E-state index contributed by atoms with van der Waals surface area (Å²) in [6.45, 7) is 6.45. The Labute approximate surface area is 104 Å². The third-order valence-corrected chi connectivity index (χ3v) is 2.59. The van der Waals surface area contributed by atoms with Gasteiger partial charge in [0.15, 0.2) is 0 Å². The number of rotatable bonds is 5. The van der Waals surface area contributed by atoms with E-state index in [0.29, 0.717) is 5.92 Å². The van der Waals surface area contributed by atoms with Crippen LogP contribution in [0.3, 0.4) is 0 Å². The molecular formula is C15H22N2. The number of hydrogen-bond acceptors (Lipinski definition) is 2. The first-order valence-electron chi connectivity index (χ1n) is 6.21. The predicted molar refractivity (Wildman–Crippen MR) is 76.8 cm³/mol. The van der Waals surface area contributed by atoms with Crippen LogP contribution in [-0.2, 0) is 0 Å². The summed E-state index contributed by atoms with van der Waals surface area (Å²) in [7, 11) is 0. The minimum atomic E-state index is 0.617. The van der Waals surface area contributed by atoms with Crippen LogP contribution in [0.25, 0.3) is 0 Å². The first kappa shape index (κ1) is 13.5. The van der Waals surface area contributed by atoms with Gasteiger partial charge < -0.3 is 5.73 Å². The molecule has 0 aliphatic rings. The van der Waals surface area contributed by atoms with Gasteiger partial charge in [0.05, 0.1) is 5.69 Å². The van der Waals surface area contributed by atoms with E-state index in [1.54, 1.807) is 0 Å². The molecule has 1 aromatic carbocycles. The molecular weight excluding hydrogens is 208 g/mol. The lowest BCUT2D eigenvalue weighted by Gasteiger charge is -2.02. The Kier molecular flexibility index (Phi) is 5.47. The lowest BCUT2D eigenvalue weighted by atomic mass is 10.1. The van der Waals surface area contributed by atoms with Gasteiger partial charge in [-0.25, -0.2) is 0 Å². The maximum Gasteiger partial charge on any atom is 0.0653 e. The van der Waals surface area contributed by atoms with Crippen molar-refractivity contribution in [2.45, 2.75) is 33.6 Å². The highest BCUT2D eigenvalue weighted by atomic mass is 14.7. The average Bonchev–Trinajstić information content (AvgIpc) is 2.27. The molecule has 2 nitrogen and oxygen atoms in total. The molecule has 0 aliphatic heterocycles. The standard InChI is InChI=1S/C15H22N2/c1-4-6-12(2)9-10-13(3)17-15-8-5-7-14(16)11-15/h5,7-12H,4,6,16H2,1-3H3/b10-9-,17-13?. The van der Waals surface area contributed by atoms with Crippen molar-refractivity contribution < 1.29 is 0 Å². The lowest BCUT2D eigenvalue weighted by Crippen LogP contribution is -1.91. The monoisotopic (exact) mass is 230 g/mol. The number of benzene rings is 1. The van der Waals surface area contributed by atoms with Crippen LogP contribution in [0.5, 0.6) is 0 Å². The summed E-state index contributed by atoms with van der Waals surface area (Å²) in [5, 5.41) is 0. The van der Waals surface area contributed by atoms with E-state index >= 15 is 0 Å². The molecule has 0 aliphatic carbocycles. The molecule has 2 heteroatoms. The molecule has 0 radical (unpaired) electrons. The number of hydrogen-bond donors (Lipinski definition) is 1. The summed E-state index contributed by atoms with van der Waals surface area (Å²) < 4.78 is 0. The van der Waals surface area contributed by atoms with Gasteiger partial charge in [-0.3, -0.25) is 4.99 Å². The average molecular weight is 230 g/mol. The van der Waals surface area contributed by atoms with E-state index in [-0.39, 0.29) is 0 Å². The van der Waals surface area contributed by atoms with E-state index in [1.807, 2.05) is 31.2 Å². The highest BCUT2D eigenvalue weighted by Crippen LogP contribution is 2.16. The Morgan fingerprint density at radius 3 is 2.88 bits per heavy atom. The Morgan fingerprint density at radius 2 is 2.24 bits per heavy atom. The molecule has 2 N–H and O–H groups in total. The van der Waals surface area contributed by atoms with E-state index in [1.165, 1.54) is 12.8 Å². The second kappa shape index (κ2) is 6.89. The fraction of sp³-hybridized carbons (Fsp3) is 0.400. The minimum absolute atomic E-state index is 0.617. The zero-order valence-electron chi connectivity index (χ0n) is 11.0. The van der Waals surface area contributed by atoms with Gasteiger partial charge in [-0.1, -0.05) is 32.4 Å². The van der Waals surface area contributed by atoms with Crippen molar-refractivity contribution in [2.75, 3.05) is 5.73 Å². The highest BCUT2D eigenvalue weighted by Gasteiger charge is 1.95. The Balaban J connectivity index is 2.66. The molecule has 1 unspecified atom stereocenters. The number of nitrogens with two attached hydrogens (primary N) is 1. The smallest absolute Gasteiger partial charge is 0.0653 e. The second-order valence-corrected chi connectivity index (χ2v) is 4.47. The maximum absolute atomic E-state index is 5.71. The molecule has 0 saturated carbocycles. The van der Waals surface area contributed by atoms with Gasteiger partial charge in [0.2, 0.25) is 0 Å². The van der Waals surface area contributed by atoms with E-state index in [4.69, 9.17) is 5.73 Å². The fourth-order valence-electron chi connectivity index (χ4n) is 1.69. The van der Waals surface area contributed by atoms with Crippen LogP contribution in [-0.4, -0.2) is 5.71 Å². The molecule has 92 valence electrons. The van der Waals surface area contributed by atoms with E-state index in [9.17, 15) is 0 Å². The first-order valence-corrected chi connectivity index (χ1v) is 6.21. The number of nitrogen functional groups attached to an aromatic ring is 1. The van der Waals surface area contributed by atoms with Crippen LogP contribution < -0.4 is 5.73 Å². The number of anilines is 1. The van der Waals surface area contributed by atoms with Crippen molar-refractivity contribution >= 4 is 17.1 Å². The molecule has 0 saturated heterocycles. The summed E-state index contributed by atoms with van der Waals surface area (Å²) in [6.07, 6.45) is 6.75. The molecule has 0 spiro atoms. The molecule has 1 atom stereocenters. The summed E-state index contributed by atoms with van der Waals surface area (Å²) in [4.78, 5) is 4.50. The first-order chi connectivity index (χ1) is 8.11. The minimum Gasteiger partial charge on any atom is -0.399 e. The van der Waals surface area contributed by atoms with Crippen LogP contribution in [0.15, 0.2) is 41.4 Å². The number of allylic oxidation sites excluding steroid dienone is 2. The van der Waals surface area contributed by atoms with Crippen LogP contribution in [0.1, 0.15) is 33.6 Å². The van der Waals surface area contributed by atoms with Crippen molar-refractivity contribution in [3.8, 4) is 0 Å².